The fraction of sp³-hybridized carbons (Fsp3) is 0.400. The molecule has 1 unspecified atom stereocenters. The van der Waals surface area contributed by atoms with Gasteiger partial charge in [0.25, 0.3) is 0 Å². The van der Waals surface area contributed by atoms with E-state index in [4.69, 9.17) is 16.3 Å². The van der Waals surface area contributed by atoms with Gasteiger partial charge in [-0.3, -0.25) is 5.01 Å². The molecule has 1 atom stereocenters. The summed E-state index contributed by atoms with van der Waals surface area (Å²) in [5.41, 5.74) is 0.791. The Bertz CT molecular complexity index is 352. The van der Waals surface area contributed by atoms with Gasteiger partial charge in [-0.2, -0.15) is 0 Å². The molecule has 1 aliphatic rings. The summed E-state index contributed by atoms with van der Waals surface area (Å²) in [5.74, 6) is 0. The van der Waals surface area contributed by atoms with Crippen LogP contribution in [-0.4, -0.2) is 24.4 Å². The number of hydrogen-bond acceptors (Lipinski definition) is 3. The first-order valence-electron chi connectivity index (χ1n) is 4.78. The minimum Gasteiger partial charge on any atom is -0.355 e. The third kappa shape index (κ3) is 2.91. The molecule has 5 heteroatoms. The molecular weight excluding hydrogens is 214 g/mol. The van der Waals surface area contributed by atoms with E-state index in [-0.39, 0.29) is 6.10 Å². The summed E-state index contributed by atoms with van der Waals surface area (Å²) in [4.78, 5) is 0. The van der Waals surface area contributed by atoms with Crippen LogP contribution in [-0.2, 0) is 4.74 Å². The first-order chi connectivity index (χ1) is 7.24. The molecule has 1 fully saturated rings. The Balaban J connectivity index is 1.96. The van der Waals surface area contributed by atoms with Gasteiger partial charge in [0, 0.05) is 5.02 Å². The summed E-state index contributed by atoms with van der Waals surface area (Å²) in [5, 5.41) is 10.6. The van der Waals surface area contributed by atoms with Crippen molar-refractivity contribution in [3.8, 4) is 0 Å². The van der Waals surface area contributed by atoms with Crippen molar-refractivity contribution in [1.82, 2.24) is 5.01 Å². The maximum absolute atomic E-state index is 5.76. The van der Waals surface area contributed by atoms with Crippen LogP contribution in [0, 0.1) is 0 Å². The topological polar surface area (TPSA) is 37.2 Å². The van der Waals surface area contributed by atoms with Crippen LogP contribution in [0.15, 0.2) is 34.6 Å². The summed E-state index contributed by atoms with van der Waals surface area (Å²) in [6.07, 6.45) is 0.231. The van der Waals surface area contributed by atoms with E-state index < -0.39 is 0 Å². The fourth-order valence-corrected chi connectivity index (χ4v) is 1.43. The highest BCUT2D eigenvalue weighted by Gasteiger charge is 2.17. The maximum Gasteiger partial charge on any atom is 0.137 e. The van der Waals surface area contributed by atoms with Gasteiger partial charge in [-0.15, -0.1) is 5.11 Å². The Morgan fingerprint density at radius 1 is 1.40 bits per heavy atom. The van der Waals surface area contributed by atoms with E-state index in [1.54, 1.807) is 17.1 Å². The summed E-state index contributed by atoms with van der Waals surface area (Å²) < 4.78 is 5.32. The van der Waals surface area contributed by atoms with Gasteiger partial charge in [0.2, 0.25) is 0 Å². The molecule has 0 saturated carbocycles. The highest BCUT2D eigenvalue weighted by molar-refractivity contribution is 6.30. The minimum atomic E-state index is 0.231. The lowest BCUT2D eigenvalue weighted by Crippen LogP contribution is -2.13. The Labute approximate surface area is 93.5 Å². The fourth-order valence-electron chi connectivity index (χ4n) is 1.30. The van der Waals surface area contributed by atoms with Gasteiger partial charge in [-0.25, -0.2) is 0 Å². The van der Waals surface area contributed by atoms with Crippen LogP contribution in [0.2, 0.25) is 5.02 Å². The molecule has 15 heavy (non-hydrogen) atoms. The predicted molar refractivity (Wildman–Crippen MR) is 58.1 cm³/mol. The third-order valence-corrected chi connectivity index (χ3v) is 2.34. The largest absolute Gasteiger partial charge is 0.355 e. The molecule has 0 aliphatic carbocycles. The van der Waals surface area contributed by atoms with Crippen LogP contribution in [0.25, 0.3) is 0 Å². The Morgan fingerprint density at radius 2 is 2.13 bits per heavy atom. The van der Waals surface area contributed by atoms with E-state index in [2.05, 4.69) is 10.3 Å². The van der Waals surface area contributed by atoms with Crippen molar-refractivity contribution in [2.75, 3.05) is 13.3 Å². The van der Waals surface area contributed by atoms with E-state index in [0.717, 1.165) is 12.2 Å². The lowest BCUT2D eigenvalue weighted by molar-refractivity contribution is 0.0978. The molecule has 0 amide bonds. The number of halogens is 1. The van der Waals surface area contributed by atoms with Crippen molar-refractivity contribution in [1.29, 1.82) is 0 Å². The quantitative estimate of drug-likeness (QED) is 0.726. The Hall–Kier alpha value is -1.13. The molecule has 0 spiro atoms. The third-order valence-electron chi connectivity index (χ3n) is 2.09. The number of rotatable bonds is 2. The molecule has 1 aromatic rings. The Kier molecular flexibility index (Phi) is 3.18. The van der Waals surface area contributed by atoms with Gasteiger partial charge in [0.05, 0.1) is 18.3 Å². The van der Waals surface area contributed by atoms with Gasteiger partial charge >= 0.3 is 0 Å². The van der Waals surface area contributed by atoms with Gasteiger partial charge in [-0.1, -0.05) is 16.8 Å². The Morgan fingerprint density at radius 3 is 2.73 bits per heavy atom. The van der Waals surface area contributed by atoms with E-state index in [1.165, 1.54) is 0 Å². The summed E-state index contributed by atoms with van der Waals surface area (Å²) >= 11 is 5.76. The smallest absolute Gasteiger partial charge is 0.137 e. The lowest BCUT2D eigenvalue weighted by Gasteiger charge is -2.04. The number of hydrogen-bond donors (Lipinski definition) is 0. The zero-order valence-corrected chi connectivity index (χ0v) is 9.18. The first-order valence-corrected chi connectivity index (χ1v) is 5.15. The molecule has 0 bridgehead atoms. The summed E-state index contributed by atoms with van der Waals surface area (Å²) in [6.45, 7) is 3.31. The normalized spacial score (nSPS) is 21.5. The molecule has 0 aromatic heterocycles. The van der Waals surface area contributed by atoms with Crippen molar-refractivity contribution < 1.29 is 4.74 Å². The van der Waals surface area contributed by atoms with E-state index >= 15 is 0 Å². The summed E-state index contributed by atoms with van der Waals surface area (Å²) in [7, 11) is 0. The van der Waals surface area contributed by atoms with Crippen molar-refractivity contribution in [3.05, 3.63) is 29.3 Å². The number of benzene rings is 1. The van der Waals surface area contributed by atoms with Gasteiger partial charge in [-0.05, 0) is 31.2 Å². The van der Waals surface area contributed by atoms with Crippen LogP contribution >= 0.6 is 11.6 Å². The molecule has 1 aromatic carbocycles. The molecule has 80 valence electrons. The first kappa shape index (κ1) is 10.4. The average Bonchev–Trinajstić information content (AvgIpc) is 2.64. The second kappa shape index (κ2) is 4.59. The van der Waals surface area contributed by atoms with Crippen molar-refractivity contribution in [3.63, 3.8) is 0 Å². The van der Waals surface area contributed by atoms with Crippen LogP contribution in [0.4, 0.5) is 5.69 Å². The zero-order valence-electron chi connectivity index (χ0n) is 8.43. The maximum atomic E-state index is 5.76. The van der Waals surface area contributed by atoms with Crippen LogP contribution in [0.3, 0.4) is 0 Å². The van der Waals surface area contributed by atoms with E-state index in [0.29, 0.717) is 11.8 Å². The van der Waals surface area contributed by atoms with Crippen molar-refractivity contribution in [2.45, 2.75) is 13.0 Å². The van der Waals surface area contributed by atoms with Gasteiger partial charge in [0.1, 0.15) is 6.73 Å². The predicted octanol–water partition coefficient (Wildman–Crippen LogP) is 3.02. The SMILES string of the molecule is CC1CN(N=Nc2ccc(Cl)cc2)CO1. The number of ether oxygens (including phenoxy) is 1. The molecule has 4 nitrogen and oxygen atoms in total. The van der Waals surface area contributed by atoms with E-state index in [1.807, 2.05) is 19.1 Å². The summed E-state index contributed by atoms with van der Waals surface area (Å²) in [6, 6.07) is 7.23. The van der Waals surface area contributed by atoms with Crippen LogP contribution in [0.5, 0.6) is 0 Å². The van der Waals surface area contributed by atoms with Gasteiger partial charge in [0.15, 0.2) is 0 Å². The molecule has 1 saturated heterocycles. The molecule has 0 radical (unpaired) electrons. The number of nitrogens with zero attached hydrogens (tertiary/aromatic N) is 3. The van der Waals surface area contributed by atoms with Crippen molar-refractivity contribution in [2.24, 2.45) is 10.3 Å². The monoisotopic (exact) mass is 225 g/mol. The second-order valence-electron chi connectivity index (χ2n) is 3.46. The zero-order chi connectivity index (χ0) is 10.7. The highest BCUT2D eigenvalue weighted by Crippen LogP contribution is 2.17. The second-order valence-corrected chi connectivity index (χ2v) is 3.90. The molecular formula is C10H12ClN3O. The molecule has 1 aliphatic heterocycles. The van der Waals surface area contributed by atoms with Crippen LogP contribution < -0.4 is 0 Å². The standard InChI is InChI=1S/C10H12ClN3O/c1-8-6-14(7-15-8)13-12-10-4-2-9(11)3-5-10/h2-5,8H,6-7H2,1H3. The van der Waals surface area contributed by atoms with E-state index in [9.17, 15) is 0 Å². The minimum absolute atomic E-state index is 0.231. The average molecular weight is 226 g/mol. The van der Waals surface area contributed by atoms with Crippen LogP contribution in [0.1, 0.15) is 6.92 Å². The van der Waals surface area contributed by atoms with Crippen molar-refractivity contribution >= 4 is 17.3 Å². The lowest BCUT2D eigenvalue weighted by atomic mass is 10.3. The molecule has 1 heterocycles. The van der Waals surface area contributed by atoms with Gasteiger partial charge < -0.3 is 4.74 Å². The molecule has 2 rings (SSSR count). The molecule has 0 N–H and O–H groups in total. The highest BCUT2D eigenvalue weighted by atomic mass is 35.5.